The summed E-state index contributed by atoms with van der Waals surface area (Å²) >= 11 is 0. The van der Waals surface area contributed by atoms with Gasteiger partial charge in [0.25, 0.3) is 11.7 Å². The van der Waals surface area contributed by atoms with E-state index in [1.165, 1.54) is 0 Å². The number of benzene rings is 1. The van der Waals surface area contributed by atoms with E-state index in [1.807, 2.05) is 13.8 Å². The number of Topliss-reactive ketones (excluding diaryl/α,β-unsaturated/α-hetero) is 1. The minimum absolute atomic E-state index is 0.184. The van der Waals surface area contributed by atoms with Crippen molar-refractivity contribution in [1.82, 2.24) is 0 Å². The molecule has 0 bridgehead atoms. The number of ketones is 1. The van der Waals surface area contributed by atoms with Crippen LogP contribution in [0.2, 0.25) is 0 Å². The zero-order chi connectivity index (χ0) is 16.6. The third kappa shape index (κ3) is 3.17. The van der Waals surface area contributed by atoms with E-state index >= 15 is 0 Å². The summed E-state index contributed by atoms with van der Waals surface area (Å²) in [6, 6.07) is 0.115. The Hall–Kier alpha value is -2.06. The number of rotatable bonds is 0. The number of amides is 1. The van der Waals surface area contributed by atoms with E-state index in [4.69, 9.17) is 0 Å². The van der Waals surface area contributed by atoms with Gasteiger partial charge in [0.15, 0.2) is 0 Å². The maximum Gasteiger partial charge on any atom is 0.417 e. The van der Waals surface area contributed by atoms with Gasteiger partial charge in [-0.3, -0.25) is 9.59 Å². The molecule has 0 radical (unpaired) electrons. The first-order chi connectivity index (χ1) is 9.51. The Balaban J connectivity index is 0.00000106. The Kier molecular flexibility index (Phi) is 4.35. The summed E-state index contributed by atoms with van der Waals surface area (Å²) in [5.74, 6) is -2.89. The summed E-state index contributed by atoms with van der Waals surface area (Å²) in [5, 5.41) is 1.68. The molecule has 0 saturated carbocycles. The van der Waals surface area contributed by atoms with Crippen molar-refractivity contribution >= 4 is 17.4 Å². The van der Waals surface area contributed by atoms with Crippen LogP contribution in [-0.2, 0) is 17.1 Å². The average Bonchev–Trinajstić information content (AvgIpc) is 2.64. The van der Waals surface area contributed by atoms with Crippen LogP contribution in [0.5, 0.6) is 0 Å². The summed E-state index contributed by atoms with van der Waals surface area (Å²) in [4.78, 5) is 22.2. The molecule has 0 aliphatic carbocycles. The fourth-order valence-electron chi connectivity index (χ4n) is 1.67. The van der Waals surface area contributed by atoms with Gasteiger partial charge in [0.05, 0.1) is 22.4 Å². The molecular weight excluding hydrogens is 304 g/mol. The van der Waals surface area contributed by atoms with Crippen LogP contribution >= 0.6 is 0 Å². The lowest BCUT2D eigenvalue weighted by molar-refractivity contribution is -0.143. The highest BCUT2D eigenvalue weighted by Crippen LogP contribution is 2.42. The first kappa shape index (κ1) is 17.0. The molecule has 1 aliphatic heterocycles. The van der Waals surface area contributed by atoms with Gasteiger partial charge in [-0.2, -0.15) is 26.3 Å². The number of hydrogen-bond donors (Lipinski definition) is 1. The maximum atomic E-state index is 12.7. The van der Waals surface area contributed by atoms with Crippen LogP contribution in [0.3, 0.4) is 0 Å². The van der Waals surface area contributed by atoms with Crippen molar-refractivity contribution in [2.75, 3.05) is 5.32 Å². The SMILES string of the molecule is CC.O=C1Nc2cc(C(F)(F)F)cc(C(F)(F)F)c2C1=O. The standard InChI is InChI=1S/C10H3F6NO2.C2H6/c11-9(12,13)3-1-4(10(14,15)16)6-5(2-3)17-8(19)7(6)18;1-2/h1-2H,(H,17,18,19);1-2H3. The fraction of sp³-hybridized carbons (Fsp3) is 0.333. The van der Waals surface area contributed by atoms with Crippen LogP contribution in [0.4, 0.5) is 32.0 Å². The highest BCUT2D eigenvalue weighted by Gasteiger charge is 2.44. The van der Waals surface area contributed by atoms with Gasteiger partial charge in [0, 0.05) is 0 Å². The van der Waals surface area contributed by atoms with Gasteiger partial charge >= 0.3 is 12.4 Å². The molecule has 0 fully saturated rings. The van der Waals surface area contributed by atoms with Crippen molar-refractivity contribution in [2.45, 2.75) is 26.2 Å². The van der Waals surface area contributed by atoms with E-state index < -0.39 is 46.4 Å². The lowest BCUT2D eigenvalue weighted by atomic mass is 10.00. The largest absolute Gasteiger partial charge is 0.417 e. The van der Waals surface area contributed by atoms with Crippen LogP contribution in [0.25, 0.3) is 0 Å². The van der Waals surface area contributed by atoms with Crippen molar-refractivity contribution in [1.29, 1.82) is 0 Å². The molecule has 9 heteroatoms. The van der Waals surface area contributed by atoms with E-state index in [1.54, 1.807) is 5.32 Å². The van der Waals surface area contributed by atoms with E-state index in [-0.39, 0.29) is 6.07 Å². The highest BCUT2D eigenvalue weighted by molar-refractivity contribution is 6.52. The Morgan fingerprint density at radius 3 is 1.86 bits per heavy atom. The molecular formula is C12H9F6NO2. The molecule has 1 aromatic rings. The number of alkyl halides is 6. The molecule has 21 heavy (non-hydrogen) atoms. The normalized spacial score (nSPS) is 14.3. The van der Waals surface area contributed by atoms with Crippen molar-refractivity contribution < 1.29 is 35.9 Å². The lowest BCUT2D eigenvalue weighted by Crippen LogP contribution is -2.16. The number of fused-ring (bicyclic) bond motifs is 1. The number of carbonyl (C=O) groups excluding carboxylic acids is 2. The van der Waals surface area contributed by atoms with Crippen LogP contribution in [0, 0.1) is 0 Å². The van der Waals surface area contributed by atoms with Crippen LogP contribution in [0.1, 0.15) is 35.3 Å². The smallest absolute Gasteiger partial charge is 0.318 e. The molecule has 1 aromatic carbocycles. The zero-order valence-electron chi connectivity index (χ0n) is 10.7. The summed E-state index contributed by atoms with van der Waals surface area (Å²) in [6.07, 6.45) is -10.2. The molecule has 1 heterocycles. The molecule has 0 saturated heterocycles. The van der Waals surface area contributed by atoms with E-state index in [0.29, 0.717) is 6.07 Å². The van der Waals surface area contributed by atoms with Crippen LogP contribution in [0.15, 0.2) is 12.1 Å². The molecule has 0 atom stereocenters. The Morgan fingerprint density at radius 2 is 1.43 bits per heavy atom. The van der Waals surface area contributed by atoms with Gasteiger partial charge in [-0.15, -0.1) is 0 Å². The molecule has 3 nitrogen and oxygen atoms in total. The Labute approximate surface area is 114 Å². The first-order valence-electron chi connectivity index (χ1n) is 5.70. The van der Waals surface area contributed by atoms with Gasteiger partial charge in [-0.05, 0) is 12.1 Å². The predicted molar refractivity (Wildman–Crippen MR) is 60.8 cm³/mol. The number of anilines is 1. The zero-order valence-corrected chi connectivity index (χ0v) is 10.7. The van der Waals surface area contributed by atoms with Crippen LogP contribution < -0.4 is 5.32 Å². The fourth-order valence-corrected chi connectivity index (χ4v) is 1.67. The van der Waals surface area contributed by atoms with Gasteiger partial charge in [-0.25, -0.2) is 0 Å². The Morgan fingerprint density at radius 1 is 0.905 bits per heavy atom. The van der Waals surface area contributed by atoms with Gasteiger partial charge in [0.2, 0.25) is 0 Å². The van der Waals surface area contributed by atoms with Crippen molar-refractivity contribution in [3.05, 3.63) is 28.8 Å². The number of halogens is 6. The molecule has 1 aliphatic rings. The lowest BCUT2D eigenvalue weighted by Gasteiger charge is -2.14. The van der Waals surface area contributed by atoms with Crippen LogP contribution in [-0.4, -0.2) is 11.7 Å². The molecule has 0 unspecified atom stereocenters. The maximum absolute atomic E-state index is 12.7. The monoisotopic (exact) mass is 313 g/mol. The summed E-state index contributed by atoms with van der Waals surface area (Å²) in [5.41, 5.74) is -5.23. The second kappa shape index (κ2) is 5.38. The average molecular weight is 313 g/mol. The minimum Gasteiger partial charge on any atom is -0.318 e. The topological polar surface area (TPSA) is 46.2 Å². The number of hydrogen-bond acceptors (Lipinski definition) is 2. The molecule has 1 amide bonds. The first-order valence-corrected chi connectivity index (χ1v) is 5.70. The molecule has 2 rings (SSSR count). The Bertz CT molecular complexity index is 589. The second-order valence-corrected chi connectivity index (χ2v) is 3.73. The molecule has 0 spiro atoms. The summed E-state index contributed by atoms with van der Waals surface area (Å²) in [6.45, 7) is 4.00. The third-order valence-electron chi connectivity index (χ3n) is 2.45. The molecule has 1 N–H and O–H groups in total. The molecule has 116 valence electrons. The quantitative estimate of drug-likeness (QED) is 0.583. The minimum atomic E-state index is -5.17. The van der Waals surface area contributed by atoms with Gasteiger partial charge < -0.3 is 5.32 Å². The number of carbonyl (C=O) groups is 2. The van der Waals surface area contributed by atoms with E-state index in [9.17, 15) is 35.9 Å². The second-order valence-electron chi connectivity index (χ2n) is 3.73. The van der Waals surface area contributed by atoms with Gasteiger partial charge in [0.1, 0.15) is 0 Å². The third-order valence-corrected chi connectivity index (χ3v) is 2.45. The van der Waals surface area contributed by atoms with Crippen molar-refractivity contribution in [3.8, 4) is 0 Å². The van der Waals surface area contributed by atoms with E-state index in [2.05, 4.69) is 0 Å². The van der Waals surface area contributed by atoms with Crippen molar-refractivity contribution in [2.24, 2.45) is 0 Å². The molecule has 0 aromatic heterocycles. The summed E-state index contributed by atoms with van der Waals surface area (Å²) < 4.78 is 75.3. The highest BCUT2D eigenvalue weighted by atomic mass is 19.4. The predicted octanol–water partition coefficient (Wildman–Crippen LogP) is 3.89. The van der Waals surface area contributed by atoms with E-state index in [0.717, 1.165) is 0 Å². The van der Waals surface area contributed by atoms with Gasteiger partial charge in [-0.1, -0.05) is 13.8 Å². The summed E-state index contributed by atoms with van der Waals surface area (Å²) in [7, 11) is 0. The van der Waals surface area contributed by atoms with Crippen molar-refractivity contribution in [3.63, 3.8) is 0 Å². The number of nitrogens with one attached hydrogen (secondary N) is 1.